The number of methoxy groups -OCH3 is 1. The van der Waals surface area contributed by atoms with Gasteiger partial charge in [0, 0.05) is 12.2 Å². The quantitative estimate of drug-likeness (QED) is 0.670. The van der Waals surface area contributed by atoms with Gasteiger partial charge in [0.25, 0.3) is 5.91 Å². The average Bonchev–Trinajstić information content (AvgIpc) is 3.11. The molecule has 2 aromatic rings. The number of nitrogens with one attached hydrogen (secondary N) is 2. The lowest BCUT2D eigenvalue weighted by Gasteiger charge is -2.12. The molecular weight excluding hydrogens is 334 g/mol. The van der Waals surface area contributed by atoms with Gasteiger partial charge in [-0.15, -0.1) is 0 Å². The van der Waals surface area contributed by atoms with E-state index in [1.807, 2.05) is 31.2 Å². The Hall–Kier alpha value is -2.83. The number of H-pyrrole nitrogens is 1. The topological polar surface area (TPSA) is 93.3 Å². The predicted molar refractivity (Wildman–Crippen MR) is 97.2 cm³/mol. The maximum Gasteiger partial charge on any atom is 0.359 e. The molecule has 2 N–H and O–H groups in total. The highest BCUT2D eigenvalue weighted by atomic mass is 16.5. The summed E-state index contributed by atoms with van der Waals surface area (Å²) < 4.78 is 10.3. The third kappa shape index (κ3) is 5.61. The van der Waals surface area contributed by atoms with Gasteiger partial charge in [0.15, 0.2) is 11.8 Å². The maximum absolute atomic E-state index is 12.1. The van der Waals surface area contributed by atoms with Crippen LogP contribution in [0.2, 0.25) is 0 Å². The van der Waals surface area contributed by atoms with E-state index in [-0.39, 0.29) is 11.6 Å². The van der Waals surface area contributed by atoms with Crippen LogP contribution in [0.3, 0.4) is 0 Å². The van der Waals surface area contributed by atoms with Gasteiger partial charge in [0.2, 0.25) is 0 Å². The molecule has 1 heterocycles. The summed E-state index contributed by atoms with van der Waals surface area (Å²) in [5, 5.41) is 9.48. The maximum atomic E-state index is 12.1. The van der Waals surface area contributed by atoms with Gasteiger partial charge in [-0.05, 0) is 43.5 Å². The highest BCUT2D eigenvalue weighted by Crippen LogP contribution is 2.11. The number of rotatable bonds is 9. The summed E-state index contributed by atoms with van der Waals surface area (Å²) in [7, 11) is 1.62. The van der Waals surface area contributed by atoms with E-state index in [1.165, 1.54) is 0 Å². The zero-order valence-corrected chi connectivity index (χ0v) is 15.4. The van der Waals surface area contributed by atoms with Crippen LogP contribution in [0, 0.1) is 0 Å². The predicted octanol–water partition coefficient (Wildman–Crippen LogP) is 2.27. The summed E-state index contributed by atoms with van der Waals surface area (Å²) >= 11 is 0. The van der Waals surface area contributed by atoms with Crippen molar-refractivity contribution in [1.29, 1.82) is 0 Å². The molecule has 1 unspecified atom stereocenters. The zero-order valence-electron chi connectivity index (χ0n) is 15.4. The Labute approximate surface area is 153 Å². The number of aromatic amines is 1. The number of benzene rings is 1. The second-order valence-corrected chi connectivity index (χ2v) is 5.97. The molecule has 1 aromatic heterocycles. The smallest absolute Gasteiger partial charge is 0.359 e. The number of esters is 1. The van der Waals surface area contributed by atoms with Crippen molar-refractivity contribution in [3.63, 3.8) is 0 Å². The molecule has 140 valence electrons. The monoisotopic (exact) mass is 359 g/mol. The first-order valence-electron chi connectivity index (χ1n) is 8.69. The molecule has 26 heavy (non-hydrogen) atoms. The third-order valence-corrected chi connectivity index (χ3v) is 3.88. The van der Waals surface area contributed by atoms with Crippen molar-refractivity contribution < 1.29 is 19.1 Å². The van der Waals surface area contributed by atoms with Crippen LogP contribution in [-0.2, 0) is 22.4 Å². The Morgan fingerprint density at radius 3 is 2.62 bits per heavy atom. The number of amides is 1. The molecule has 0 saturated heterocycles. The third-order valence-electron chi connectivity index (χ3n) is 3.88. The van der Waals surface area contributed by atoms with Crippen molar-refractivity contribution in [2.24, 2.45) is 0 Å². The minimum atomic E-state index is -0.885. The molecule has 0 spiro atoms. The van der Waals surface area contributed by atoms with Gasteiger partial charge in [-0.25, -0.2) is 4.79 Å². The van der Waals surface area contributed by atoms with Crippen LogP contribution < -0.4 is 10.1 Å². The molecule has 7 nitrogen and oxygen atoms in total. The van der Waals surface area contributed by atoms with Crippen LogP contribution in [0.25, 0.3) is 0 Å². The highest BCUT2D eigenvalue weighted by molar-refractivity contribution is 5.90. The second-order valence-electron chi connectivity index (χ2n) is 5.97. The van der Waals surface area contributed by atoms with Crippen molar-refractivity contribution in [2.45, 2.75) is 39.2 Å². The molecule has 1 atom stereocenters. The fraction of sp³-hybridized carbons (Fsp3) is 0.421. The number of carbonyl (C=O) groups excluding carboxylic acids is 2. The summed E-state index contributed by atoms with van der Waals surface area (Å²) in [4.78, 5) is 24.1. The molecule has 0 aliphatic heterocycles. The molecular formula is C19H25N3O4. The molecule has 2 rings (SSSR count). The fourth-order valence-corrected chi connectivity index (χ4v) is 2.40. The number of aryl methyl sites for hydroxylation is 1. The number of hydrogen-bond donors (Lipinski definition) is 2. The summed E-state index contributed by atoms with van der Waals surface area (Å²) in [5.41, 5.74) is 2.14. The van der Waals surface area contributed by atoms with E-state index >= 15 is 0 Å². The summed E-state index contributed by atoms with van der Waals surface area (Å²) in [6.45, 7) is 4.04. The number of nitrogens with zero attached hydrogens (tertiary/aromatic N) is 1. The normalized spacial score (nSPS) is 11.7. The minimum absolute atomic E-state index is 0.186. The van der Waals surface area contributed by atoms with E-state index in [4.69, 9.17) is 9.47 Å². The van der Waals surface area contributed by atoms with Gasteiger partial charge >= 0.3 is 5.97 Å². The second kappa shape index (κ2) is 9.60. The Kier molecular flexibility index (Phi) is 7.20. The minimum Gasteiger partial charge on any atom is -0.497 e. The first-order valence-corrected chi connectivity index (χ1v) is 8.69. The van der Waals surface area contributed by atoms with Gasteiger partial charge < -0.3 is 14.8 Å². The number of ether oxygens (including phenoxy) is 2. The van der Waals surface area contributed by atoms with Crippen LogP contribution >= 0.6 is 0 Å². The van der Waals surface area contributed by atoms with Crippen LogP contribution in [0.15, 0.2) is 30.3 Å². The molecule has 0 radical (unpaired) electrons. The molecule has 0 aliphatic rings. The van der Waals surface area contributed by atoms with E-state index in [9.17, 15) is 9.59 Å². The molecule has 1 amide bonds. The molecule has 1 aromatic carbocycles. The highest BCUT2D eigenvalue weighted by Gasteiger charge is 2.20. The Balaban J connectivity index is 1.76. The molecule has 0 saturated carbocycles. The Morgan fingerprint density at radius 1 is 1.23 bits per heavy atom. The Bertz CT molecular complexity index is 725. The van der Waals surface area contributed by atoms with E-state index in [1.54, 1.807) is 20.1 Å². The standard InChI is InChI=1S/C19H25N3O4/c1-4-5-15-12-17(22-21-15)19(24)26-13(2)18(23)20-11-10-14-6-8-16(25-3)9-7-14/h6-9,12-13H,4-5,10-11H2,1-3H3,(H,20,23)(H,21,22). The summed E-state index contributed by atoms with van der Waals surface area (Å²) in [6.07, 6.45) is 1.55. The van der Waals surface area contributed by atoms with Crippen LogP contribution in [0.1, 0.15) is 42.0 Å². The van der Waals surface area contributed by atoms with Crippen molar-refractivity contribution >= 4 is 11.9 Å². The Morgan fingerprint density at radius 2 is 1.96 bits per heavy atom. The van der Waals surface area contributed by atoms with Crippen molar-refractivity contribution in [3.05, 3.63) is 47.3 Å². The first-order chi connectivity index (χ1) is 12.5. The van der Waals surface area contributed by atoms with E-state index in [0.717, 1.165) is 29.8 Å². The summed E-state index contributed by atoms with van der Waals surface area (Å²) in [5.74, 6) is -0.156. The molecule has 0 bridgehead atoms. The van der Waals surface area contributed by atoms with Gasteiger partial charge in [-0.3, -0.25) is 9.89 Å². The van der Waals surface area contributed by atoms with Crippen LogP contribution in [0.4, 0.5) is 0 Å². The SMILES string of the molecule is CCCc1cc(C(=O)OC(C)C(=O)NCCc2ccc(OC)cc2)n[nH]1. The van der Waals surface area contributed by atoms with Gasteiger partial charge in [-0.1, -0.05) is 25.5 Å². The fourth-order valence-electron chi connectivity index (χ4n) is 2.40. The zero-order chi connectivity index (χ0) is 18.9. The number of carbonyl (C=O) groups is 2. The van der Waals surface area contributed by atoms with E-state index in [0.29, 0.717) is 13.0 Å². The van der Waals surface area contributed by atoms with Gasteiger partial charge in [0.05, 0.1) is 7.11 Å². The van der Waals surface area contributed by atoms with Gasteiger partial charge in [0.1, 0.15) is 5.75 Å². The molecule has 7 heteroatoms. The van der Waals surface area contributed by atoms with E-state index < -0.39 is 12.1 Å². The van der Waals surface area contributed by atoms with Crippen molar-refractivity contribution in [3.8, 4) is 5.75 Å². The van der Waals surface area contributed by atoms with Crippen LogP contribution in [-0.4, -0.2) is 41.8 Å². The summed E-state index contributed by atoms with van der Waals surface area (Å²) in [6, 6.07) is 9.29. The lowest BCUT2D eigenvalue weighted by molar-refractivity contribution is -0.129. The van der Waals surface area contributed by atoms with E-state index in [2.05, 4.69) is 15.5 Å². The molecule has 0 aliphatic carbocycles. The lowest BCUT2D eigenvalue weighted by atomic mass is 10.1. The molecule has 0 fully saturated rings. The van der Waals surface area contributed by atoms with Crippen molar-refractivity contribution in [2.75, 3.05) is 13.7 Å². The van der Waals surface area contributed by atoms with Gasteiger partial charge in [-0.2, -0.15) is 5.10 Å². The number of hydrogen-bond acceptors (Lipinski definition) is 5. The first kappa shape index (κ1) is 19.5. The average molecular weight is 359 g/mol. The van der Waals surface area contributed by atoms with Crippen molar-refractivity contribution in [1.82, 2.24) is 15.5 Å². The largest absolute Gasteiger partial charge is 0.497 e. The van der Waals surface area contributed by atoms with Crippen LogP contribution in [0.5, 0.6) is 5.75 Å². The number of aromatic nitrogens is 2. The lowest BCUT2D eigenvalue weighted by Crippen LogP contribution is -2.37.